The van der Waals surface area contributed by atoms with Crippen molar-refractivity contribution in [1.82, 2.24) is 19.9 Å². The molecule has 0 aliphatic carbocycles. The van der Waals surface area contributed by atoms with Crippen molar-refractivity contribution in [1.29, 1.82) is 0 Å². The molecule has 2 N–H and O–H groups in total. The van der Waals surface area contributed by atoms with Crippen molar-refractivity contribution in [3.63, 3.8) is 0 Å². The molecule has 0 spiro atoms. The summed E-state index contributed by atoms with van der Waals surface area (Å²) in [6, 6.07) is 1.98. The number of hydrogen-bond donors (Lipinski definition) is 2. The number of nitrogens with one attached hydrogen (secondary N) is 2. The molecular formula is C15H20N6O2. The average molecular weight is 316 g/mol. The molecule has 23 heavy (non-hydrogen) atoms. The second-order valence-corrected chi connectivity index (χ2v) is 5.35. The molecule has 1 saturated heterocycles. The van der Waals surface area contributed by atoms with E-state index in [0.717, 1.165) is 25.2 Å². The maximum absolute atomic E-state index is 11.9. The number of H-pyrrole nitrogens is 1. The molecule has 2 aromatic rings. The first-order chi connectivity index (χ1) is 11.3. The molecule has 0 bridgehead atoms. The zero-order valence-corrected chi connectivity index (χ0v) is 13.0. The van der Waals surface area contributed by atoms with Gasteiger partial charge in [-0.05, 0) is 19.8 Å². The number of nitrogens with zero attached hydrogens (tertiary/aromatic N) is 4. The number of ether oxygens (including phenoxy) is 1. The monoisotopic (exact) mass is 316 g/mol. The average Bonchev–Trinajstić information content (AvgIpc) is 2.56. The second kappa shape index (κ2) is 7.08. The Hall–Kier alpha value is -2.64. The lowest BCUT2D eigenvalue weighted by Gasteiger charge is -2.33. The number of rotatable bonds is 5. The van der Waals surface area contributed by atoms with Crippen LogP contribution in [0.2, 0.25) is 0 Å². The third-order valence-electron chi connectivity index (χ3n) is 3.70. The standard InChI is InChI=1S/C15H20N6O2/c1-2-23-13-8-12(18-10-19-13)20-11-4-3-7-21(9-11)14-15(22)17-6-5-16-14/h5-6,8,10-11H,2-4,7,9H2,1H3,(H,17,22)(H,18,19,20). The molecule has 8 nitrogen and oxygen atoms in total. The van der Waals surface area contributed by atoms with Crippen molar-refractivity contribution >= 4 is 11.6 Å². The summed E-state index contributed by atoms with van der Waals surface area (Å²) >= 11 is 0. The first kappa shape index (κ1) is 15.3. The van der Waals surface area contributed by atoms with E-state index in [2.05, 4.69) is 25.3 Å². The van der Waals surface area contributed by atoms with Crippen molar-refractivity contribution in [2.75, 3.05) is 29.9 Å². The topological polar surface area (TPSA) is 96.0 Å². The predicted octanol–water partition coefficient (Wildman–Crippen LogP) is 1.04. The van der Waals surface area contributed by atoms with E-state index in [0.29, 0.717) is 24.8 Å². The van der Waals surface area contributed by atoms with Gasteiger partial charge in [-0.3, -0.25) is 4.79 Å². The van der Waals surface area contributed by atoms with Gasteiger partial charge in [0.2, 0.25) is 5.88 Å². The Balaban J connectivity index is 1.68. The molecule has 0 saturated carbocycles. The first-order valence-electron chi connectivity index (χ1n) is 7.76. The smallest absolute Gasteiger partial charge is 0.290 e. The van der Waals surface area contributed by atoms with E-state index in [1.165, 1.54) is 6.33 Å². The van der Waals surface area contributed by atoms with E-state index < -0.39 is 0 Å². The molecule has 122 valence electrons. The number of aromatic amines is 1. The number of aromatic nitrogens is 4. The molecule has 1 atom stereocenters. The fourth-order valence-corrected chi connectivity index (χ4v) is 2.71. The highest BCUT2D eigenvalue weighted by atomic mass is 16.5. The predicted molar refractivity (Wildman–Crippen MR) is 86.9 cm³/mol. The van der Waals surface area contributed by atoms with Crippen LogP contribution in [0.25, 0.3) is 0 Å². The van der Waals surface area contributed by atoms with Crippen molar-refractivity contribution in [3.8, 4) is 5.88 Å². The summed E-state index contributed by atoms with van der Waals surface area (Å²) in [5, 5.41) is 3.39. The Kier molecular flexibility index (Phi) is 4.70. The molecule has 1 unspecified atom stereocenters. The van der Waals surface area contributed by atoms with Crippen LogP contribution in [0.3, 0.4) is 0 Å². The van der Waals surface area contributed by atoms with E-state index in [-0.39, 0.29) is 11.6 Å². The minimum Gasteiger partial charge on any atom is -0.478 e. The lowest BCUT2D eigenvalue weighted by molar-refractivity contribution is 0.326. The molecule has 1 fully saturated rings. The molecule has 1 aliphatic rings. The van der Waals surface area contributed by atoms with Gasteiger partial charge < -0.3 is 19.9 Å². The van der Waals surface area contributed by atoms with E-state index in [1.807, 2.05) is 11.8 Å². The number of piperidine rings is 1. The van der Waals surface area contributed by atoms with Gasteiger partial charge in [-0.1, -0.05) is 0 Å². The molecule has 0 amide bonds. The number of hydrogen-bond acceptors (Lipinski definition) is 7. The molecule has 3 heterocycles. The van der Waals surface area contributed by atoms with Crippen LogP contribution in [0.5, 0.6) is 5.88 Å². The Morgan fingerprint density at radius 1 is 1.43 bits per heavy atom. The second-order valence-electron chi connectivity index (χ2n) is 5.35. The van der Waals surface area contributed by atoms with E-state index in [4.69, 9.17) is 4.74 Å². The van der Waals surface area contributed by atoms with Crippen LogP contribution in [0.1, 0.15) is 19.8 Å². The zero-order valence-electron chi connectivity index (χ0n) is 13.0. The molecule has 3 rings (SSSR count). The Bertz CT molecular complexity index is 704. The summed E-state index contributed by atoms with van der Waals surface area (Å²) in [6.07, 6.45) is 6.62. The molecule has 2 aromatic heterocycles. The van der Waals surface area contributed by atoms with Crippen molar-refractivity contribution in [2.24, 2.45) is 0 Å². The van der Waals surface area contributed by atoms with Gasteiger partial charge in [-0.15, -0.1) is 0 Å². The van der Waals surface area contributed by atoms with Gasteiger partial charge in [-0.2, -0.15) is 0 Å². The van der Waals surface area contributed by atoms with E-state index in [9.17, 15) is 4.79 Å². The maximum atomic E-state index is 11.9. The normalized spacial score (nSPS) is 17.8. The summed E-state index contributed by atoms with van der Waals surface area (Å²) in [4.78, 5) is 29.0. The SMILES string of the molecule is CCOc1cc(NC2CCCN(c3ncc[nH]c3=O)C2)ncn1. The van der Waals surface area contributed by atoms with E-state index in [1.54, 1.807) is 18.5 Å². The van der Waals surface area contributed by atoms with Gasteiger partial charge in [0.1, 0.15) is 12.1 Å². The largest absolute Gasteiger partial charge is 0.478 e. The third kappa shape index (κ3) is 3.77. The molecular weight excluding hydrogens is 296 g/mol. The van der Waals surface area contributed by atoms with Crippen molar-refractivity contribution in [3.05, 3.63) is 35.1 Å². The van der Waals surface area contributed by atoms with Crippen LogP contribution < -0.4 is 20.5 Å². The summed E-state index contributed by atoms with van der Waals surface area (Å²) < 4.78 is 5.38. The van der Waals surface area contributed by atoms with Crippen molar-refractivity contribution in [2.45, 2.75) is 25.8 Å². The summed E-state index contributed by atoms with van der Waals surface area (Å²) in [7, 11) is 0. The fourth-order valence-electron chi connectivity index (χ4n) is 2.71. The van der Waals surface area contributed by atoms with Gasteiger partial charge in [-0.25, -0.2) is 15.0 Å². The van der Waals surface area contributed by atoms with Gasteiger partial charge in [0.25, 0.3) is 5.56 Å². The van der Waals surface area contributed by atoms with Crippen LogP contribution in [-0.4, -0.2) is 45.7 Å². The third-order valence-corrected chi connectivity index (χ3v) is 3.70. The van der Waals surface area contributed by atoms with Crippen LogP contribution in [0.15, 0.2) is 29.6 Å². The molecule has 0 radical (unpaired) electrons. The summed E-state index contributed by atoms with van der Waals surface area (Å²) in [6.45, 7) is 4.01. The Morgan fingerprint density at radius 3 is 3.17 bits per heavy atom. The number of anilines is 2. The lowest BCUT2D eigenvalue weighted by atomic mass is 10.1. The molecule has 8 heteroatoms. The Morgan fingerprint density at radius 2 is 2.35 bits per heavy atom. The highest BCUT2D eigenvalue weighted by Gasteiger charge is 2.22. The first-order valence-corrected chi connectivity index (χ1v) is 7.76. The molecule has 0 aromatic carbocycles. The zero-order chi connectivity index (χ0) is 16.1. The fraction of sp³-hybridized carbons (Fsp3) is 0.467. The van der Waals surface area contributed by atoms with Crippen molar-refractivity contribution < 1.29 is 4.74 Å². The van der Waals surface area contributed by atoms with Crippen LogP contribution in [0, 0.1) is 0 Å². The van der Waals surface area contributed by atoms with Crippen LogP contribution >= 0.6 is 0 Å². The van der Waals surface area contributed by atoms with Gasteiger partial charge >= 0.3 is 0 Å². The Labute approximate surface area is 134 Å². The minimum absolute atomic E-state index is 0.159. The summed E-state index contributed by atoms with van der Waals surface area (Å²) in [5.41, 5.74) is -0.159. The maximum Gasteiger partial charge on any atom is 0.290 e. The summed E-state index contributed by atoms with van der Waals surface area (Å²) in [5.74, 6) is 1.75. The minimum atomic E-state index is -0.159. The van der Waals surface area contributed by atoms with E-state index >= 15 is 0 Å². The highest BCUT2D eigenvalue weighted by Crippen LogP contribution is 2.18. The lowest BCUT2D eigenvalue weighted by Crippen LogP contribution is -2.44. The van der Waals surface area contributed by atoms with Crippen LogP contribution in [-0.2, 0) is 0 Å². The van der Waals surface area contributed by atoms with Gasteiger partial charge in [0, 0.05) is 37.6 Å². The highest BCUT2D eigenvalue weighted by molar-refractivity contribution is 5.41. The quantitative estimate of drug-likeness (QED) is 0.850. The van der Waals surface area contributed by atoms with Gasteiger partial charge in [0.15, 0.2) is 5.82 Å². The van der Waals surface area contributed by atoms with Crippen LogP contribution in [0.4, 0.5) is 11.6 Å². The molecule has 1 aliphatic heterocycles. The van der Waals surface area contributed by atoms with Gasteiger partial charge in [0.05, 0.1) is 6.61 Å².